The van der Waals surface area contributed by atoms with Crippen LogP contribution in [-0.2, 0) is 11.3 Å². The number of fused-ring (bicyclic) bond motifs is 1. The summed E-state index contributed by atoms with van der Waals surface area (Å²) in [5.74, 6) is -0.655. The predicted molar refractivity (Wildman–Crippen MR) is 98.4 cm³/mol. The van der Waals surface area contributed by atoms with Gasteiger partial charge in [0.1, 0.15) is 0 Å². The Morgan fingerprint density at radius 2 is 1.78 bits per heavy atom. The first-order valence-corrected chi connectivity index (χ1v) is 8.99. The minimum Gasteiger partial charge on any atom is -0.375 e. The van der Waals surface area contributed by atoms with E-state index in [1.807, 2.05) is 13.0 Å². The molecule has 0 bridgehead atoms. The number of hydrogen-bond donors (Lipinski definition) is 0. The monoisotopic (exact) mass is 364 g/mol. The van der Waals surface area contributed by atoms with E-state index < -0.39 is 0 Å². The van der Waals surface area contributed by atoms with Gasteiger partial charge in [0.05, 0.1) is 30.4 Å². The van der Waals surface area contributed by atoms with Crippen LogP contribution in [0.3, 0.4) is 0 Å². The molecule has 0 spiro atoms. The number of amides is 3. The van der Waals surface area contributed by atoms with Crippen LogP contribution in [0.25, 0.3) is 0 Å². The van der Waals surface area contributed by atoms with E-state index in [1.54, 1.807) is 47.4 Å². The normalized spacial score (nSPS) is 19.4. The average Bonchev–Trinajstić information content (AvgIpc) is 2.93. The van der Waals surface area contributed by atoms with Crippen molar-refractivity contribution in [2.24, 2.45) is 0 Å². The number of carbonyl (C=O) groups is 3. The maximum Gasteiger partial charge on any atom is 0.261 e. The number of imide groups is 1. The topological polar surface area (TPSA) is 66.9 Å². The molecule has 0 N–H and O–H groups in total. The number of morpholine rings is 1. The summed E-state index contributed by atoms with van der Waals surface area (Å²) in [5, 5.41) is 0. The average molecular weight is 364 g/mol. The van der Waals surface area contributed by atoms with Gasteiger partial charge in [0.25, 0.3) is 17.7 Å². The van der Waals surface area contributed by atoms with Crippen molar-refractivity contribution in [3.8, 4) is 0 Å². The van der Waals surface area contributed by atoms with Crippen LogP contribution in [0, 0.1) is 0 Å². The molecule has 6 heteroatoms. The fourth-order valence-electron chi connectivity index (χ4n) is 3.55. The van der Waals surface area contributed by atoms with Crippen molar-refractivity contribution in [3.05, 3.63) is 70.8 Å². The van der Waals surface area contributed by atoms with Gasteiger partial charge in [0.2, 0.25) is 0 Å². The van der Waals surface area contributed by atoms with E-state index in [-0.39, 0.29) is 30.4 Å². The first-order valence-electron chi connectivity index (χ1n) is 8.99. The molecule has 0 radical (unpaired) electrons. The maximum atomic E-state index is 12.8. The minimum atomic E-state index is -0.297. The summed E-state index contributed by atoms with van der Waals surface area (Å²) >= 11 is 0. The fraction of sp³-hybridized carbons (Fsp3) is 0.286. The first kappa shape index (κ1) is 17.4. The lowest BCUT2D eigenvalue weighted by atomic mass is 10.1. The van der Waals surface area contributed by atoms with Crippen LogP contribution in [0.15, 0.2) is 48.5 Å². The Morgan fingerprint density at radius 3 is 2.44 bits per heavy atom. The summed E-state index contributed by atoms with van der Waals surface area (Å²) in [5.41, 5.74) is 2.16. The van der Waals surface area contributed by atoms with Gasteiger partial charge in [0, 0.05) is 18.7 Å². The fourth-order valence-corrected chi connectivity index (χ4v) is 3.55. The van der Waals surface area contributed by atoms with Gasteiger partial charge < -0.3 is 9.64 Å². The maximum absolute atomic E-state index is 12.8. The van der Waals surface area contributed by atoms with Crippen LogP contribution in [0.5, 0.6) is 0 Å². The highest BCUT2D eigenvalue weighted by Gasteiger charge is 2.35. The molecule has 3 amide bonds. The highest BCUT2D eigenvalue weighted by atomic mass is 16.5. The van der Waals surface area contributed by atoms with Crippen LogP contribution < -0.4 is 0 Å². The number of carbonyl (C=O) groups excluding carboxylic acids is 3. The molecule has 2 aromatic carbocycles. The Kier molecular flexibility index (Phi) is 4.49. The molecule has 2 heterocycles. The summed E-state index contributed by atoms with van der Waals surface area (Å²) in [6.07, 6.45) is 0.0178. The molecule has 0 aliphatic carbocycles. The van der Waals surface area contributed by atoms with Crippen molar-refractivity contribution in [2.75, 3.05) is 19.7 Å². The number of ether oxygens (including phenoxy) is 1. The lowest BCUT2D eigenvalue weighted by molar-refractivity contribution is -0.0124. The molecule has 2 aliphatic rings. The van der Waals surface area contributed by atoms with Gasteiger partial charge in [-0.15, -0.1) is 0 Å². The van der Waals surface area contributed by atoms with Gasteiger partial charge in [-0.1, -0.05) is 24.3 Å². The summed E-state index contributed by atoms with van der Waals surface area (Å²) in [6, 6.07) is 13.9. The molecule has 0 aromatic heterocycles. The number of nitrogens with zero attached hydrogens (tertiary/aromatic N) is 2. The van der Waals surface area contributed by atoms with Crippen molar-refractivity contribution in [1.29, 1.82) is 0 Å². The molecule has 0 unspecified atom stereocenters. The van der Waals surface area contributed by atoms with E-state index in [4.69, 9.17) is 4.74 Å². The molecular formula is C21H20N2O4. The first-order chi connectivity index (χ1) is 13.0. The Hall–Kier alpha value is -2.99. The highest BCUT2D eigenvalue weighted by molar-refractivity contribution is 6.21. The van der Waals surface area contributed by atoms with E-state index >= 15 is 0 Å². The van der Waals surface area contributed by atoms with Gasteiger partial charge in [-0.05, 0) is 36.8 Å². The molecular weight excluding hydrogens is 344 g/mol. The van der Waals surface area contributed by atoms with E-state index in [0.29, 0.717) is 36.4 Å². The third kappa shape index (κ3) is 3.24. The van der Waals surface area contributed by atoms with Crippen molar-refractivity contribution in [2.45, 2.75) is 19.6 Å². The molecule has 1 saturated heterocycles. The van der Waals surface area contributed by atoms with Crippen molar-refractivity contribution >= 4 is 17.7 Å². The molecule has 2 aromatic rings. The van der Waals surface area contributed by atoms with Gasteiger partial charge in [-0.3, -0.25) is 19.3 Å². The van der Waals surface area contributed by atoms with Crippen LogP contribution >= 0.6 is 0 Å². The van der Waals surface area contributed by atoms with Crippen LogP contribution in [0.4, 0.5) is 0 Å². The molecule has 0 saturated carbocycles. The van der Waals surface area contributed by atoms with Gasteiger partial charge in [-0.2, -0.15) is 0 Å². The second-order valence-corrected chi connectivity index (χ2v) is 6.87. The quantitative estimate of drug-likeness (QED) is 0.784. The summed E-state index contributed by atoms with van der Waals surface area (Å²) in [6.45, 7) is 3.74. The zero-order chi connectivity index (χ0) is 19.0. The third-order valence-corrected chi connectivity index (χ3v) is 4.92. The van der Waals surface area contributed by atoms with Gasteiger partial charge in [-0.25, -0.2) is 0 Å². The largest absolute Gasteiger partial charge is 0.375 e. The summed E-state index contributed by atoms with van der Waals surface area (Å²) < 4.78 is 5.49. The molecule has 1 atom stereocenters. The second kappa shape index (κ2) is 6.96. The van der Waals surface area contributed by atoms with Crippen molar-refractivity contribution < 1.29 is 19.1 Å². The second-order valence-electron chi connectivity index (χ2n) is 6.87. The lowest BCUT2D eigenvalue weighted by Crippen LogP contribution is -2.44. The smallest absolute Gasteiger partial charge is 0.261 e. The van der Waals surface area contributed by atoms with E-state index in [2.05, 4.69) is 0 Å². The predicted octanol–water partition coefficient (Wildman–Crippen LogP) is 2.34. The van der Waals surface area contributed by atoms with Crippen molar-refractivity contribution in [3.63, 3.8) is 0 Å². The third-order valence-electron chi connectivity index (χ3n) is 4.92. The Labute approximate surface area is 157 Å². The van der Waals surface area contributed by atoms with E-state index in [9.17, 15) is 14.4 Å². The number of benzene rings is 2. The summed E-state index contributed by atoms with van der Waals surface area (Å²) in [4.78, 5) is 40.8. The van der Waals surface area contributed by atoms with Crippen molar-refractivity contribution in [1.82, 2.24) is 9.80 Å². The van der Waals surface area contributed by atoms with E-state index in [1.165, 1.54) is 4.90 Å². The van der Waals surface area contributed by atoms with Crippen LogP contribution in [0.1, 0.15) is 43.6 Å². The van der Waals surface area contributed by atoms with Crippen LogP contribution in [-0.4, -0.2) is 53.3 Å². The molecule has 27 heavy (non-hydrogen) atoms. The zero-order valence-corrected chi connectivity index (χ0v) is 15.1. The summed E-state index contributed by atoms with van der Waals surface area (Å²) in [7, 11) is 0. The van der Waals surface area contributed by atoms with Gasteiger partial charge in [0.15, 0.2) is 0 Å². The standard InChI is InChI=1S/C21H20N2O4/c1-14-12-22(9-10-27-14)19(24)16-6-4-5-15(11-16)13-23-20(25)17-7-2-3-8-18(17)21(23)26/h2-8,11,14H,9-10,12-13H2,1H3/t14-/m1/s1. The molecule has 6 nitrogen and oxygen atoms in total. The minimum absolute atomic E-state index is 0.0178. The Bertz CT molecular complexity index is 889. The highest BCUT2D eigenvalue weighted by Crippen LogP contribution is 2.24. The molecule has 138 valence electrons. The SMILES string of the molecule is C[C@@H]1CN(C(=O)c2cccc(CN3C(=O)c4ccccc4C3=O)c2)CCO1. The Balaban J connectivity index is 1.53. The molecule has 4 rings (SSSR count). The van der Waals surface area contributed by atoms with E-state index in [0.717, 1.165) is 5.56 Å². The Morgan fingerprint density at radius 1 is 1.07 bits per heavy atom. The number of rotatable bonds is 3. The lowest BCUT2D eigenvalue weighted by Gasteiger charge is -2.31. The van der Waals surface area contributed by atoms with Gasteiger partial charge >= 0.3 is 0 Å². The van der Waals surface area contributed by atoms with Crippen LogP contribution in [0.2, 0.25) is 0 Å². The molecule has 1 fully saturated rings. The molecule has 2 aliphatic heterocycles. The zero-order valence-electron chi connectivity index (χ0n) is 15.1. The number of hydrogen-bond acceptors (Lipinski definition) is 4.